The number of alkyl halides is 3. The Morgan fingerprint density at radius 1 is 1.23 bits per heavy atom. The number of aryl methyl sites for hydroxylation is 1. The number of thiophene rings is 1. The molecule has 2 amide bonds. The van der Waals surface area contributed by atoms with E-state index in [0.29, 0.717) is 22.1 Å². The van der Waals surface area contributed by atoms with E-state index in [2.05, 4.69) is 15.4 Å². The molecule has 3 heterocycles. The molecule has 0 aliphatic carbocycles. The van der Waals surface area contributed by atoms with Crippen molar-refractivity contribution < 1.29 is 27.2 Å². The van der Waals surface area contributed by atoms with Crippen molar-refractivity contribution >= 4 is 50.7 Å². The highest BCUT2D eigenvalue weighted by molar-refractivity contribution is 7.21. The average molecular weight is 526 g/mol. The van der Waals surface area contributed by atoms with Crippen LogP contribution in [0, 0.1) is 12.7 Å². The number of halogens is 5. The van der Waals surface area contributed by atoms with Crippen LogP contribution in [0.15, 0.2) is 36.5 Å². The van der Waals surface area contributed by atoms with E-state index in [1.165, 1.54) is 23.0 Å². The van der Waals surface area contributed by atoms with Crippen LogP contribution in [-0.2, 0) is 17.5 Å². The summed E-state index contributed by atoms with van der Waals surface area (Å²) in [7, 11) is 0. The summed E-state index contributed by atoms with van der Waals surface area (Å²) < 4.78 is 55.6. The molecule has 0 radical (unpaired) electrons. The summed E-state index contributed by atoms with van der Waals surface area (Å²) >= 11 is 6.59. The molecule has 0 saturated heterocycles. The van der Waals surface area contributed by atoms with Crippen molar-refractivity contribution in [2.45, 2.75) is 26.1 Å². The van der Waals surface area contributed by atoms with E-state index in [-0.39, 0.29) is 44.9 Å². The number of carbonyl (C=O) groups excluding carboxylic acids is 2. The van der Waals surface area contributed by atoms with Crippen LogP contribution in [0.3, 0.4) is 0 Å². The molecule has 4 rings (SSSR count). The van der Waals surface area contributed by atoms with Gasteiger partial charge >= 0.3 is 6.18 Å². The van der Waals surface area contributed by atoms with Gasteiger partial charge < -0.3 is 11.1 Å². The van der Waals surface area contributed by atoms with Crippen molar-refractivity contribution in [3.63, 3.8) is 0 Å². The maximum atomic E-state index is 13.6. The Morgan fingerprint density at radius 2 is 1.91 bits per heavy atom. The van der Waals surface area contributed by atoms with Gasteiger partial charge in [0.25, 0.3) is 5.91 Å². The standard InChI is InChI=1S/C22H16ClF4N5O2S/c1-10-14(23)9-29-32(10)7-6-16(33)31-18-17-13(11-2-4-12(24)5-3-11)8-15(22(25,26)27)30-21(17)35-19(18)20(28)34/h2-5,8-9H,6-7H2,1H3,(H2,28,34)(H,31,33). The first-order valence-corrected chi connectivity index (χ1v) is 11.2. The van der Waals surface area contributed by atoms with Crippen molar-refractivity contribution in [1.29, 1.82) is 0 Å². The van der Waals surface area contributed by atoms with E-state index >= 15 is 0 Å². The number of hydrogen-bond donors (Lipinski definition) is 2. The van der Waals surface area contributed by atoms with E-state index in [4.69, 9.17) is 17.3 Å². The van der Waals surface area contributed by atoms with Crippen LogP contribution >= 0.6 is 22.9 Å². The Morgan fingerprint density at radius 3 is 2.49 bits per heavy atom. The third kappa shape index (κ3) is 4.98. The van der Waals surface area contributed by atoms with Crippen LogP contribution in [0.5, 0.6) is 0 Å². The number of nitrogens with two attached hydrogens (primary N) is 1. The lowest BCUT2D eigenvalue weighted by Crippen LogP contribution is -2.18. The highest BCUT2D eigenvalue weighted by Crippen LogP contribution is 2.43. The Kier molecular flexibility index (Phi) is 6.52. The summed E-state index contributed by atoms with van der Waals surface area (Å²) in [5.74, 6) is -2.07. The fourth-order valence-corrected chi connectivity index (χ4v) is 4.60. The van der Waals surface area contributed by atoms with Crippen molar-refractivity contribution in [3.05, 3.63) is 63.6 Å². The number of hydrogen-bond acceptors (Lipinski definition) is 5. The van der Waals surface area contributed by atoms with Crippen molar-refractivity contribution in [3.8, 4) is 11.1 Å². The Bertz CT molecular complexity index is 1450. The summed E-state index contributed by atoms with van der Waals surface area (Å²) in [6, 6.07) is 5.55. The van der Waals surface area contributed by atoms with Crippen LogP contribution in [0.1, 0.15) is 27.5 Å². The van der Waals surface area contributed by atoms with Gasteiger partial charge in [0.15, 0.2) is 0 Å². The van der Waals surface area contributed by atoms with Gasteiger partial charge in [-0.1, -0.05) is 23.7 Å². The lowest BCUT2D eigenvalue weighted by Gasteiger charge is -2.12. The molecule has 1 aromatic carbocycles. The topological polar surface area (TPSA) is 103 Å². The molecular formula is C22H16ClF4N5O2S. The normalized spacial score (nSPS) is 11.7. The van der Waals surface area contributed by atoms with Gasteiger partial charge in [0, 0.05) is 11.8 Å². The Balaban J connectivity index is 1.81. The zero-order chi connectivity index (χ0) is 25.5. The SMILES string of the molecule is Cc1c(Cl)cnn1CCC(=O)Nc1c(C(N)=O)sc2nc(C(F)(F)F)cc(-c3ccc(F)cc3)c12. The second-order valence-electron chi connectivity index (χ2n) is 7.51. The third-order valence-corrected chi connectivity index (χ3v) is 6.66. The zero-order valence-corrected chi connectivity index (χ0v) is 19.5. The number of primary amides is 1. The van der Waals surface area contributed by atoms with Crippen LogP contribution < -0.4 is 11.1 Å². The van der Waals surface area contributed by atoms with Gasteiger partial charge in [-0.15, -0.1) is 11.3 Å². The number of rotatable bonds is 6. The predicted octanol–water partition coefficient (Wildman–Crippen LogP) is 5.41. The van der Waals surface area contributed by atoms with Crippen molar-refractivity contribution in [1.82, 2.24) is 14.8 Å². The fourth-order valence-electron chi connectivity index (χ4n) is 3.45. The van der Waals surface area contributed by atoms with E-state index in [0.717, 1.165) is 18.2 Å². The molecule has 7 nitrogen and oxygen atoms in total. The number of carbonyl (C=O) groups is 2. The lowest BCUT2D eigenvalue weighted by molar-refractivity contribution is -0.140. The molecule has 0 bridgehead atoms. The molecule has 3 N–H and O–H groups in total. The summed E-state index contributed by atoms with van der Waals surface area (Å²) in [5, 5.41) is 7.18. The second kappa shape index (κ2) is 9.27. The van der Waals surface area contributed by atoms with Crippen LogP contribution in [0.4, 0.5) is 23.2 Å². The average Bonchev–Trinajstić information content (AvgIpc) is 3.32. The molecule has 3 aromatic heterocycles. The minimum Gasteiger partial charge on any atom is -0.365 e. The molecule has 0 spiro atoms. The second-order valence-corrected chi connectivity index (χ2v) is 8.92. The lowest BCUT2D eigenvalue weighted by atomic mass is 10.0. The molecule has 0 fully saturated rings. The van der Waals surface area contributed by atoms with Gasteiger partial charge in [-0.05, 0) is 36.2 Å². The molecule has 0 aliphatic rings. The molecule has 35 heavy (non-hydrogen) atoms. The monoisotopic (exact) mass is 525 g/mol. The first-order valence-electron chi connectivity index (χ1n) is 10.0. The van der Waals surface area contributed by atoms with E-state index < -0.39 is 29.5 Å². The summed E-state index contributed by atoms with van der Waals surface area (Å²) in [6.45, 7) is 1.89. The van der Waals surface area contributed by atoms with Gasteiger partial charge in [0.05, 0.1) is 29.1 Å². The fraction of sp³-hybridized carbons (Fsp3) is 0.182. The number of fused-ring (bicyclic) bond motifs is 1. The van der Waals surface area contributed by atoms with Crippen molar-refractivity contribution in [2.75, 3.05) is 5.32 Å². The maximum Gasteiger partial charge on any atom is 0.433 e. The van der Waals surface area contributed by atoms with Crippen LogP contribution in [0.2, 0.25) is 5.02 Å². The summed E-state index contributed by atoms with van der Waals surface area (Å²) in [6.07, 6.45) is -3.42. The number of nitrogens with zero attached hydrogens (tertiary/aromatic N) is 3. The number of benzene rings is 1. The number of amides is 2. The highest BCUT2D eigenvalue weighted by Gasteiger charge is 2.35. The van der Waals surface area contributed by atoms with Crippen LogP contribution in [0.25, 0.3) is 21.3 Å². The highest BCUT2D eigenvalue weighted by atomic mass is 35.5. The van der Waals surface area contributed by atoms with E-state index in [9.17, 15) is 27.2 Å². The Labute approximate surface area is 204 Å². The molecule has 4 aromatic rings. The number of anilines is 1. The van der Waals surface area contributed by atoms with Crippen LogP contribution in [-0.4, -0.2) is 26.6 Å². The molecular weight excluding hydrogens is 510 g/mol. The minimum absolute atomic E-state index is 0.0103. The number of aromatic nitrogens is 3. The van der Waals surface area contributed by atoms with Gasteiger partial charge in [0.1, 0.15) is 21.2 Å². The third-order valence-electron chi connectivity index (χ3n) is 5.19. The molecule has 0 atom stereocenters. The molecule has 13 heteroatoms. The molecule has 0 aliphatic heterocycles. The molecule has 182 valence electrons. The first kappa shape index (κ1) is 24.6. The quantitative estimate of drug-likeness (QED) is 0.329. The smallest absolute Gasteiger partial charge is 0.365 e. The molecule has 0 saturated carbocycles. The largest absolute Gasteiger partial charge is 0.433 e. The zero-order valence-electron chi connectivity index (χ0n) is 17.9. The van der Waals surface area contributed by atoms with Crippen molar-refractivity contribution in [2.24, 2.45) is 5.73 Å². The van der Waals surface area contributed by atoms with E-state index in [1.807, 2.05) is 0 Å². The number of nitrogens with one attached hydrogen (secondary N) is 1. The maximum absolute atomic E-state index is 13.6. The first-order chi connectivity index (χ1) is 16.5. The van der Waals surface area contributed by atoms with E-state index in [1.54, 1.807) is 6.92 Å². The Hall–Kier alpha value is -3.51. The number of pyridine rings is 1. The predicted molar refractivity (Wildman–Crippen MR) is 124 cm³/mol. The van der Waals surface area contributed by atoms with Gasteiger partial charge in [-0.25, -0.2) is 9.37 Å². The van der Waals surface area contributed by atoms with Gasteiger partial charge in [-0.2, -0.15) is 18.3 Å². The molecule has 0 unspecified atom stereocenters. The summed E-state index contributed by atoms with van der Waals surface area (Å²) in [4.78, 5) is 28.2. The summed E-state index contributed by atoms with van der Waals surface area (Å²) in [5.41, 5.74) is 5.10. The van der Waals surface area contributed by atoms with Gasteiger partial charge in [0.2, 0.25) is 5.91 Å². The van der Waals surface area contributed by atoms with Gasteiger partial charge in [-0.3, -0.25) is 14.3 Å². The minimum atomic E-state index is -4.79.